The Kier molecular flexibility index (Phi) is 5.62. The zero-order chi connectivity index (χ0) is 13.7. The van der Waals surface area contributed by atoms with E-state index in [-0.39, 0.29) is 18.4 Å². The molecule has 0 bridgehead atoms. The summed E-state index contributed by atoms with van der Waals surface area (Å²) in [6.45, 7) is 3.66. The molecule has 5 heteroatoms. The number of carbonyl (C=O) groups excluding carboxylic acids is 1. The summed E-state index contributed by atoms with van der Waals surface area (Å²) in [6.07, 6.45) is 0. The van der Waals surface area contributed by atoms with Gasteiger partial charge in [0.25, 0.3) is 0 Å². The summed E-state index contributed by atoms with van der Waals surface area (Å²) in [5.74, 6) is 0.225. The van der Waals surface area contributed by atoms with E-state index in [1.165, 1.54) is 0 Å². The highest BCUT2D eigenvalue weighted by Crippen LogP contribution is 2.28. The van der Waals surface area contributed by atoms with Crippen molar-refractivity contribution in [3.63, 3.8) is 0 Å². The first-order valence-corrected chi connectivity index (χ1v) is 6.54. The normalized spacial score (nSPS) is 12.3. The van der Waals surface area contributed by atoms with Crippen LogP contribution in [0.5, 0.6) is 5.75 Å². The van der Waals surface area contributed by atoms with Crippen LogP contribution in [0, 0.1) is 11.8 Å². The molecular weight excluding hydrogens is 298 g/mol. The molecule has 18 heavy (non-hydrogen) atoms. The van der Waals surface area contributed by atoms with Gasteiger partial charge in [-0.15, -0.1) is 0 Å². The fraction of sp³-hybridized carbons (Fsp3) is 0.462. The van der Waals surface area contributed by atoms with Crippen LogP contribution < -0.4 is 10.1 Å². The number of methoxy groups -OCH3 is 1. The average Bonchev–Trinajstić information content (AvgIpc) is 2.29. The molecule has 1 amide bonds. The van der Waals surface area contributed by atoms with Gasteiger partial charge in [-0.1, -0.05) is 13.8 Å². The number of halogens is 1. The standard InChI is InChI=1S/C13H18BrNO3/c1-8(2)10(7-16)13(17)15-9-4-5-12(18-3)11(14)6-9/h4-6,8,10,16H,7H2,1-3H3,(H,15,17). The summed E-state index contributed by atoms with van der Waals surface area (Å²) in [5, 5.41) is 12.0. The van der Waals surface area contributed by atoms with E-state index >= 15 is 0 Å². The van der Waals surface area contributed by atoms with Crippen molar-refractivity contribution in [1.29, 1.82) is 0 Å². The number of nitrogens with one attached hydrogen (secondary N) is 1. The fourth-order valence-corrected chi connectivity index (χ4v) is 2.12. The van der Waals surface area contributed by atoms with Crippen LogP contribution in [0.15, 0.2) is 22.7 Å². The summed E-state index contributed by atoms with van der Waals surface area (Å²) in [5.41, 5.74) is 0.673. The van der Waals surface area contributed by atoms with Gasteiger partial charge in [-0.2, -0.15) is 0 Å². The largest absolute Gasteiger partial charge is 0.496 e. The van der Waals surface area contributed by atoms with Crippen LogP contribution in [0.2, 0.25) is 0 Å². The highest BCUT2D eigenvalue weighted by atomic mass is 79.9. The third-order valence-electron chi connectivity index (χ3n) is 2.76. The minimum atomic E-state index is -0.397. The predicted octanol–water partition coefficient (Wildman–Crippen LogP) is 2.66. The molecule has 1 aromatic carbocycles. The van der Waals surface area contributed by atoms with Crippen molar-refractivity contribution in [3.05, 3.63) is 22.7 Å². The highest BCUT2D eigenvalue weighted by Gasteiger charge is 2.21. The first kappa shape index (κ1) is 15.0. The second kappa shape index (κ2) is 6.75. The lowest BCUT2D eigenvalue weighted by Gasteiger charge is -2.18. The zero-order valence-corrected chi connectivity index (χ0v) is 12.3. The lowest BCUT2D eigenvalue weighted by Crippen LogP contribution is -2.29. The van der Waals surface area contributed by atoms with E-state index in [0.717, 1.165) is 4.47 Å². The number of carbonyl (C=O) groups is 1. The van der Waals surface area contributed by atoms with Gasteiger partial charge in [-0.05, 0) is 40.0 Å². The topological polar surface area (TPSA) is 58.6 Å². The summed E-state index contributed by atoms with van der Waals surface area (Å²) < 4.78 is 5.88. The third-order valence-corrected chi connectivity index (χ3v) is 3.38. The number of amides is 1. The summed E-state index contributed by atoms with van der Waals surface area (Å²) in [6, 6.07) is 5.30. The molecule has 0 radical (unpaired) electrons. The van der Waals surface area contributed by atoms with Crippen LogP contribution in [0.3, 0.4) is 0 Å². The summed E-state index contributed by atoms with van der Waals surface area (Å²) in [4.78, 5) is 11.9. The smallest absolute Gasteiger partial charge is 0.230 e. The Bertz CT molecular complexity index is 421. The van der Waals surface area contributed by atoms with Crippen molar-refractivity contribution < 1.29 is 14.6 Å². The molecule has 4 nitrogen and oxygen atoms in total. The maximum Gasteiger partial charge on any atom is 0.230 e. The highest BCUT2D eigenvalue weighted by molar-refractivity contribution is 9.10. The van der Waals surface area contributed by atoms with Gasteiger partial charge in [-0.25, -0.2) is 0 Å². The van der Waals surface area contributed by atoms with Crippen LogP contribution in [-0.4, -0.2) is 24.7 Å². The van der Waals surface area contributed by atoms with Crippen LogP contribution in [0.25, 0.3) is 0 Å². The molecule has 1 aromatic rings. The van der Waals surface area contributed by atoms with Crippen molar-refractivity contribution in [3.8, 4) is 5.75 Å². The Hall–Kier alpha value is -1.07. The molecule has 1 rings (SSSR count). The molecule has 0 aliphatic heterocycles. The van der Waals surface area contributed by atoms with E-state index in [2.05, 4.69) is 21.2 Å². The Balaban J connectivity index is 2.78. The predicted molar refractivity (Wildman–Crippen MR) is 74.7 cm³/mol. The molecule has 1 unspecified atom stereocenters. The SMILES string of the molecule is COc1ccc(NC(=O)C(CO)C(C)C)cc1Br. The van der Waals surface area contributed by atoms with Crippen molar-refractivity contribution >= 4 is 27.5 Å². The molecular formula is C13H18BrNO3. The molecule has 0 spiro atoms. The Morgan fingerprint density at radius 2 is 2.17 bits per heavy atom. The number of aliphatic hydroxyl groups excluding tert-OH is 1. The molecule has 0 aromatic heterocycles. The number of anilines is 1. The zero-order valence-electron chi connectivity index (χ0n) is 10.7. The lowest BCUT2D eigenvalue weighted by atomic mass is 9.96. The molecule has 2 N–H and O–H groups in total. The van der Waals surface area contributed by atoms with Gasteiger partial charge >= 0.3 is 0 Å². The fourth-order valence-electron chi connectivity index (χ4n) is 1.58. The van der Waals surface area contributed by atoms with E-state index in [1.807, 2.05) is 13.8 Å². The Labute approximate surface area is 115 Å². The van der Waals surface area contributed by atoms with Crippen LogP contribution in [0.4, 0.5) is 5.69 Å². The van der Waals surface area contributed by atoms with Crippen LogP contribution >= 0.6 is 15.9 Å². The molecule has 0 aliphatic rings. The van der Waals surface area contributed by atoms with E-state index < -0.39 is 5.92 Å². The minimum absolute atomic E-state index is 0.0942. The first-order chi connectivity index (χ1) is 8.49. The molecule has 0 saturated heterocycles. The molecule has 0 heterocycles. The van der Waals surface area contributed by atoms with E-state index in [1.54, 1.807) is 25.3 Å². The number of rotatable bonds is 5. The number of hydrogen-bond acceptors (Lipinski definition) is 3. The number of hydrogen-bond donors (Lipinski definition) is 2. The number of benzene rings is 1. The third kappa shape index (κ3) is 3.71. The second-order valence-corrected chi connectivity index (χ2v) is 5.23. The lowest BCUT2D eigenvalue weighted by molar-refractivity contribution is -0.122. The maximum absolute atomic E-state index is 11.9. The van der Waals surface area contributed by atoms with Gasteiger partial charge in [0.05, 0.1) is 24.1 Å². The van der Waals surface area contributed by atoms with Gasteiger partial charge in [0.1, 0.15) is 5.75 Å². The number of ether oxygens (including phenoxy) is 1. The molecule has 0 aliphatic carbocycles. The average molecular weight is 316 g/mol. The van der Waals surface area contributed by atoms with Crippen LogP contribution in [0.1, 0.15) is 13.8 Å². The van der Waals surface area contributed by atoms with E-state index in [4.69, 9.17) is 4.74 Å². The first-order valence-electron chi connectivity index (χ1n) is 5.74. The van der Waals surface area contributed by atoms with Gasteiger partial charge < -0.3 is 15.2 Å². The van der Waals surface area contributed by atoms with Crippen LogP contribution in [-0.2, 0) is 4.79 Å². The van der Waals surface area contributed by atoms with Gasteiger partial charge in [0.15, 0.2) is 0 Å². The van der Waals surface area contributed by atoms with E-state index in [0.29, 0.717) is 11.4 Å². The molecule has 0 fully saturated rings. The van der Waals surface area contributed by atoms with Crippen molar-refractivity contribution in [1.82, 2.24) is 0 Å². The second-order valence-electron chi connectivity index (χ2n) is 4.37. The van der Waals surface area contributed by atoms with Crippen molar-refractivity contribution in [2.75, 3.05) is 19.0 Å². The molecule has 1 atom stereocenters. The molecule has 0 saturated carbocycles. The maximum atomic E-state index is 11.9. The van der Waals surface area contributed by atoms with Gasteiger partial charge in [0.2, 0.25) is 5.91 Å². The molecule has 100 valence electrons. The van der Waals surface area contributed by atoms with E-state index in [9.17, 15) is 9.90 Å². The Morgan fingerprint density at radius 1 is 1.50 bits per heavy atom. The van der Waals surface area contributed by atoms with Crippen molar-refractivity contribution in [2.24, 2.45) is 11.8 Å². The summed E-state index contributed by atoms with van der Waals surface area (Å²) >= 11 is 3.35. The van der Waals surface area contributed by atoms with Crippen molar-refractivity contribution in [2.45, 2.75) is 13.8 Å². The van der Waals surface area contributed by atoms with Gasteiger partial charge in [0, 0.05) is 5.69 Å². The monoisotopic (exact) mass is 315 g/mol. The number of aliphatic hydroxyl groups is 1. The quantitative estimate of drug-likeness (QED) is 0.878. The van der Waals surface area contributed by atoms with Gasteiger partial charge in [-0.3, -0.25) is 4.79 Å². The summed E-state index contributed by atoms with van der Waals surface area (Å²) in [7, 11) is 1.58. The minimum Gasteiger partial charge on any atom is -0.496 e. The Morgan fingerprint density at radius 3 is 2.61 bits per heavy atom.